The first-order valence-electron chi connectivity index (χ1n) is 9.22. The molecule has 0 radical (unpaired) electrons. The molecule has 1 aromatic heterocycles. The number of hydrogen-bond acceptors (Lipinski definition) is 7. The number of carbonyl (C=O) groups excluding carboxylic acids is 1. The zero-order valence-electron chi connectivity index (χ0n) is 17.3. The van der Waals surface area contributed by atoms with E-state index in [9.17, 15) is 39.6 Å². The van der Waals surface area contributed by atoms with E-state index in [1.165, 1.54) is 18.2 Å². The van der Waals surface area contributed by atoms with Crippen LogP contribution in [0.4, 0.5) is 32.0 Å². The van der Waals surface area contributed by atoms with Crippen molar-refractivity contribution in [2.24, 2.45) is 0 Å². The predicted octanol–water partition coefficient (Wildman–Crippen LogP) is 4.68. The minimum Gasteiger partial charge on any atom is -0.435 e. The first-order valence-corrected chi connectivity index (χ1v) is 11.1. The Morgan fingerprint density at radius 1 is 1.06 bits per heavy atom. The Morgan fingerprint density at radius 2 is 1.77 bits per heavy atom. The van der Waals surface area contributed by atoms with E-state index in [2.05, 4.69) is 20.3 Å². The van der Waals surface area contributed by atoms with Crippen LogP contribution in [0.25, 0.3) is 0 Å². The molecule has 2 aromatic carbocycles. The van der Waals surface area contributed by atoms with Gasteiger partial charge in [-0.1, -0.05) is 6.07 Å². The minimum atomic E-state index is -5.00. The lowest BCUT2D eigenvalue weighted by Gasteiger charge is -2.13. The highest BCUT2D eigenvalue weighted by molar-refractivity contribution is 7.90. The SMILES string of the molecule is CS(=O)(=O)c1cccc(NC(=O)c2cc(C(F)(F)F)nnc2Oc2ccc(OC(F)F)cc2F)c1. The van der Waals surface area contributed by atoms with Gasteiger partial charge >= 0.3 is 12.8 Å². The number of ether oxygens (including phenoxy) is 2. The molecular formula is C20H13F6N3O5S. The molecule has 0 aliphatic carbocycles. The lowest BCUT2D eigenvalue weighted by atomic mass is 10.2. The van der Waals surface area contributed by atoms with Crippen molar-refractivity contribution >= 4 is 21.4 Å². The Morgan fingerprint density at radius 3 is 2.37 bits per heavy atom. The highest BCUT2D eigenvalue weighted by Crippen LogP contribution is 2.33. The molecule has 1 heterocycles. The van der Waals surface area contributed by atoms with Gasteiger partial charge in [0.1, 0.15) is 11.3 Å². The van der Waals surface area contributed by atoms with Gasteiger partial charge in [-0.2, -0.15) is 22.0 Å². The van der Waals surface area contributed by atoms with Gasteiger partial charge in [0.05, 0.1) is 4.90 Å². The van der Waals surface area contributed by atoms with Crippen LogP contribution in [0.15, 0.2) is 53.4 Å². The van der Waals surface area contributed by atoms with E-state index in [-0.39, 0.29) is 10.6 Å². The largest absolute Gasteiger partial charge is 0.435 e. The second-order valence-corrected chi connectivity index (χ2v) is 8.79. The number of nitrogens with one attached hydrogen (secondary N) is 1. The minimum absolute atomic E-state index is 0.0890. The summed E-state index contributed by atoms with van der Waals surface area (Å²) in [7, 11) is -3.66. The third-order valence-corrected chi connectivity index (χ3v) is 5.26. The molecule has 3 rings (SSSR count). The summed E-state index contributed by atoms with van der Waals surface area (Å²) in [6.07, 6.45) is -4.09. The molecule has 3 aromatic rings. The second kappa shape index (κ2) is 9.77. The summed E-state index contributed by atoms with van der Waals surface area (Å²) in [6, 6.07) is 7.39. The van der Waals surface area contributed by atoms with Crippen molar-refractivity contribution in [3.63, 3.8) is 0 Å². The Hall–Kier alpha value is -3.88. The molecule has 0 fully saturated rings. The zero-order valence-corrected chi connectivity index (χ0v) is 18.1. The summed E-state index contributed by atoms with van der Waals surface area (Å²) in [4.78, 5) is 12.6. The summed E-state index contributed by atoms with van der Waals surface area (Å²) in [5, 5.41) is 8.33. The summed E-state index contributed by atoms with van der Waals surface area (Å²) < 4.78 is 111. The number of sulfone groups is 1. The lowest BCUT2D eigenvalue weighted by molar-refractivity contribution is -0.141. The summed E-state index contributed by atoms with van der Waals surface area (Å²) in [5.74, 6) is -4.57. The zero-order chi connectivity index (χ0) is 26.0. The molecule has 1 N–H and O–H groups in total. The molecule has 0 unspecified atom stereocenters. The number of halogens is 6. The van der Waals surface area contributed by atoms with Crippen LogP contribution in [0.3, 0.4) is 0 Å². The van der Waals surface area contributed by atoms with Crippen LogP contribution in [0, 0.1) is 5.82 Å². The van der Waals surface area contributed by atoms with Crippen molar-refractivity contribution < 1.29 is 49.0 Å². The van der Waals surface area contributed by atoms with E-state index in [0.717, 1.165) is 24.5 Å². The number of nitrogens with zero attached hydrogens (tertiary/aromatic N) is 2. The van der Waals surface area contributed by atoms with E-state index in [0.29, 0.717) is 12.1 Å². The van der Waals surface area contributed by atoms with Crippen LogP contribution in [0.2, 0.25) is 0 Å². The van der Waals surface area contributed by atoms with Crippen LogP contribution in [0.1, 0.15) is 16.1 Å². The van der Waals surface area contributed by atoms with Crippen molar-refractivity contribution in [2.45, 2.75) is 17.7 Å². The van der Waals surface area contributed by atoms with Gasteiger partial charge in [0, 0.05) is 18.0 Å². The Bertz CT molecular complexity index is 1370. The number of carbonyl (C=O) groups is 1. The normalized spacial score (nSPS) is 11.9. The second-order valence-electron chi connectivity index (χ2n) is 6.77. The van der Waals surface area contributed by atoms with Gasteiger partial charge in [0.2, 0.25) is 0 Å². The Kier molecular flexibility index (Phi) is 7.19. The summed E-state index contributed by atoms with van der Waals surface area (Å²) in [6.45, 7) is -3.24. The van der Waals surface area contributed by atoms with Crippen molar-refractivity contribution in [1.29, 1.82) is 0 Å². The fourth-order valence-corrected chi connectivity index (χ4v) is 3.27. The molecule has 186 valence electrons. The Labute approximate surface area is 193 Å². The molecule has 0 saturated carbocycles. The highest BCUT2D eigenvalue weighted by atomic mass is 32.2. The maximum absolute atomic E-state index is 14.3. The fraction of sp³-hybridized carbons (Fsp3) is 0.150. The molecule has 0 spiro atoms. The monoisotopic (exact) mass is 521 g/mol. The third kappa shape index (κ3) is 6.59. The van der Waals surface area contributed by atoms with Crippen molar-refractivity contribution in [2.75, 3.05) is 11.6 Å². The molecule has 35 heavy (non-hydrogen) atoms. The smallest absolute Gasteiger partial charge is 0.435 e. The van der Waals surface area contributed by atoms with E-state index < -0.39 is 63.0 Å². The number of anilines is 1. The third-order valence-electron chi connectivity index (χ3n) is 4.15. The predicted molar refractivity (Wildman–Crippen MR) is 108 cm³/mol. The molecular weight excluding hydrogens is 508 g/mol. The van der Waals surface area contributed by atoms with Gasteiger partial charge in [0.15, 0.2) is 27.1 Å². The molecule has 0 saturated heterocycles. The molecule has 0 aliphatic heterocycles. The fourth-order valence-electron chi connectivity index (χ4n) is 2.60. The molecule has 1 amide bonds. The number of hydrogen-bond donors (Lipinski definition) is 1. The molecule has 15 heteroatoms. The first-order chi connectivity index (χ1) is 16.2. The quantitative estimate of drug-likeness (QED) is 0.450. The Balaban J connectivity index is 1.98. The molecule has 0 atom stereocenters. The van der Waals surface area contributed by atoms with Gasteiger partial charge in [-0.05, 0) is 36.4 Å². The summed E-state index contributed by atoms with van der Waals surface area (Å²) in [5.41, 5.74) is -2.49. The maximum atomic E-state index is 14.3. The standard InChI is InChI=1S/C20H13F6N3O5S/c1-35(31,32)12-4-2-3-10(7-12)27-17(30)13-9-16(20(24,25)26)28-29-18(13)34-15-6-5-11(8-14(15)21)33-19(22)23/h2-9,19H,1H3,(H,27,30). The first kappa shape index (κ1) is 25.7. The molecule has 0 bridgehead atoms. The number of amides is 1. The van der Waals surface area contributed by atoms with Crippen LogP contribution in [-0.4, -0.2) is 37.4 Å². The maximum Gasteiger partial charge on any atom is 0.435 e. The lowest BCUT2D eigenvalue weighted by Crippen LogP contribution is -2.18. The van der Waals surface area contributed by atoms with E-state index in [1.807, 2.05) is 0 Å². The van der Waals surface area contributed by atoms with E-state index in [1.54, 1.807) is 0 Å². The van der Waals surface area contributed by atoms with Gasteiger partial charge in [-0.25, -0.2) is 12.8 Å². The van der Waals surface area contributed by atoms with Crippen molar-refractivity contribution in [3.05, 3.63) is 65.6 Å². The van der Waals surface area contributed by atoms with Crippen molar-refractivity contribution in [1.82, 2.24) is 10.2 Å². The topological polar surface area (TPSA) is 107 Å². The molecule has 8 nitrogen and oxygen atoms in total. The average molecular weight is 521 g/mol. The van der Waals surface area contributed by atoms with Crippen molar-refractivity contribution in [3.8, 4) is 17.4 Å². The van der Waals surface area contributed by atoms with Gasteiger partial charge in [0.25, 0.3) is 11.8 Å². The van der Waals surface area contributed by atoms with Crippen LogP contribution >= 0.6 is 0 Å². The van der Waals surface area contributed by atoms with Crippen LogP contribution in [-0.2, 0) is 16.0 Å². The number of alkyl halides is 5. The van der Waals surface area contributed by atoms with Gasteiger partial charge in [-0.3, -0.25) is 4.79 Å². The number of benzene rings is 2. The average Bonchev–Trinajstić information content (AvgIpc) is 2.74. The van der Waals surface area contributed by atoms with E-state index in [4.69, 9.17) is 4.74 Å². The van der Waals surface area contributed by atoms with Gasteiger partial charge < -0.3 is 14.8 Å². The van der Waals surface area contributed by atoms with Gasteiger partial charge in [-0.15, -0.1) is 10.2 Å². The van der Waals surface area contributed by atoms with E-state index >= 15 is 0 Å². The molecule has 0 aliphatic rings. The highest BCUT2D eigenvalue weighted by Gasteiger charge is 2.35. The van der Waals surface area contributed by atoms with Crippen LogP contribution in [0.5, 0.6) is 17.4 Å². The summed E-state index contributed by atoms with van der Waals surface area (Å²) >= 11 is 0. The van der Waals surface area contributed by atoms with Crippen LogP contribution < -0.4 is 14.8 Å². The number of rotatable bonds is 7. The number of aromatic nitrogens is 2.